The molecule has 3 rings (SSSR count). The fourth-order valence-corrected chi connectivity index (χ4v) is 47.5. The van der Waals surface area contributed by atoms with E-state index < -0.39 is 81.9 Å². The second-order valence-corrected chi connectivity index (χ2v) is 39.8. The van der Waals surface area contributed by atoms with E-state index in [1.54, 1.807) is 13.8 Å². The van der Waals surface area contributed by atoms with Crippen molar-refractivity contribution in [1.82, 2.24) is 0 Å². The van der Waals surface area contributed by atoms with E-state index in [-0.39, 0.29) is 53.9 Å². The van der Waals surface area contributed by atoms with Crippen LogP contribution in [0, 0.1) is 0 Å². The summed E-state index contributed by atoms with van der Waals surface area (Å²) < 4.78 is 73.3. The smallest absolute Gasteiger partial charge is 0.478 e. The molecular weight excluding hydrogens is 805 g/mol. The molecule has 3 aliphatic heterocycles. The molecule has 0 radical (unpaired) electrons. The molecule has 3 saturated heterocycles. The van der Waals surface area contributed by atoms with Gasteiger partial charge in [-0.1, -0.05) is 68.5 Å². The zero-order valence-electron chi connectivity index (χ0n) is 32.1. The molecule has 0 aliphatic carbocycles. The third-order valence-electron chi connectivity index (χ3n) is 8.04. The number of ether oxygens (including phenoxy) is 1. The van der Waals surface area contributed by atoms with Gasteiger partial charge in [0.15, 0.2) is 8.32 Å². The first-order chi connectivity index (χ1) is 23.5. The number of carboxylic acids is 1. The number of carbonyl (C=O) groups excluding carboxylic acids is 1. The van der Waals surface area contributed by atoms with Crippen molar-refractivity contribution in [2.24, 2.45) is 0 Å². The minimum atomic E-state index is -4.11. The Bertz CT molecular complexity index is 1210. The molecule has 0 spiro atoms. The van der Waals surface area contributed by atoms with Crippen molar-refractivity contribution in [3.8, 4) is 0 Å². The number of aliphatic carboxylic acids is 1. The average Bonchev–Trinajstić information content (AvgIpc) is 3.04. The van der Waals surface area contributed by atoms with Gasteiger partial charge in [0, 0.05) is 53.5 Å². The highest BCUT2D eigenvalue weighted by Gasteiger charge is 2.75. The van der Waals surface area contributed by atoms with Crippen LogP contribution >= 0.6 is 0 Å². The standard InChI is InChI=1S/C23H54O14Si8.C4H6O2/c1-12-20-27-23(24)22(9)21-38(10,11)28-41(15-4)33-43(17-6)31-39(25,13-2)29-42(16-5)30-40(26,14-3)32-44(18-7,34-41)37-45(19-8,35-42)36-43;1-3(2)4(5)6/h25-26H,9,12-21H2,1-8,10-11H3;1H2,2H3,(H,5,6). The molecule has 296 valence electrons. The van der Waals surface area contributed by atoms with Crippen molar-refractivity contribution >= 4 is 81.9 Å². The molecule has 0 aromatic rings. The van der Waals surface area contributed by atoms with E-state index in [0.29, 0.717) is 18.6 Å². The normalized spacial score (nSPS) is 36.6. The Morgan fingerprint density at radius 1 is 0.627 bits per heavy atom. The zero-order chi connectivity index (χ0) is 39.2. The van der Waals surface area contributed by atoms with E-state index in [4.69, 9.17) is 51.0 Å². The molecule has 4 bridgehead atoms. The molecule has 24 heteroatoms. The quantitative estimate of drug-likeness (QED) is 0.110. The lowest BCUT2D eigenvalue weighted by Crippen LogP contribution is -2.82. The highest BCUT2D eigenvalue weighted by atomic mass is 28.6. The summed E-state index contributed by atoms with van der Waals surface area (Å²) in [5, 5.41) is 7.89. The first-order valence-electron chi connectivity index (χ1n) is 17.7. The fraction of sp³-hybridized carbons (Fsp3) is 0.778. The van der Waals surface area contributed by atoms with Gasteiger partial charge in [-0.15, -0.1) is 0 Å². The minimum absolute atomic E-state index is 0.112. The van der Waals surface area contributed by atoms with Crippen LogP contribution in [-0.4, -0.2) is 103 Å². The van der Waals surface area contributed by atoms with E-state index in [0.717, 1.165) is 0 Å². The molecule has 0 amide bonds. The van der Waals surface area contributed by atoms with Gasteiger partial charge >= 0.3 is 73.6 Å². The van der Waals surface area contributed by atoms with Gasteiger partial charge in [-0.05, 0) is 32.5 Å². The van der Waals surface area contributed by atoms with Crippen molar-refractivity contribution in [3.05, 3.63) is 24.3 Å². The summed E-state index contributed by atoms with van der Waals surface area (Å²) in [6.45, 7) is 27.5. The van der Waals surface area contributed by atoms with Crippen LogP contribution in [0.4, 0.5) is 0 Å². The highest BCUT2D eigenvalue weighted by molar-refractivity contribution is 6.99. The summed E-state index contributed by atoms with van der Waals surface area (Å²) in [5.74, 6) is -1.41. The number of hydrogen-bond acceptors (Lipinski definition) is 15. The van der Waals surface area contributed by atoms with E-state index in [9.17, 15) is 19.2 Å². The molecule has 4 atom stereocenters. The van der Waals surface area contributed by atoms with E-state index in [1.165, 1.54) is 6.92 Å². The maximum Gasteiger partial charge on any atom is 0.483 e. The molecule has 3 N–H and O–H groups in total. The SMILES string of the molecule is C=C(C)C(=O)O.C=C(C[Si](C)(C)O[Si]1(CC)O[Si]2(CC)O[Si](O)(CC)O[Si]3(CC)O[Si](O)(CC)O[Si](CC)(O1)O[Si](CC)(O3)O2)C(=O)OCCC. The summed E-state index contributed by atoms with van der Waals surface area (Å²) >= 11 is 0. The summed E-state index contributed by atoms with van der Waals surface area (Å²) in [6, 6.07) is 1.71. The molecule has 16 nitrogen and oxygen atoms in total. The lowest BCUT2D eigenvalue weighted by atomic mass is 10.3. The third-order valence-corrected chi connectivity index (χ3v) is 41.4. The van der Waals surface area contributed by atoms with Gasteiger partial charge in [-0.3, -0.25) is 0 Å². The van der Waals surface area contributed by atoms with Gasteiger partial charge in [0.1, 0.15) is 0 Å². The van der Waals surface area contributed by atoms with Crippen LogP contribution in [0.15, 0.2) is 24.3 Å². The van der Waals surface area contributed by atoms with Gasteiger partial charge < -0.3 is 60.6 Å². The van der Waals surface area contributed by atoms with Gasteiger partial charge in [0.05, 0.1) is 6.61 Å². The van der Waals surface area contributed by atoms with E-state index in [2.05, 4.69) is 13.2 Å². The molecule has 0 aromatic heterocycles. The van der Waals surface area contributed by atoms with Gasteiger partial charge in [0.25, 0.3) is 0 Å². The zero-order valence-corrected chi connectivity index (χ0v) is 40.1. The Kier molecular flexibility index (Phi) is 16.6. The first kappa shape index (κ1) is 46.8. The Labute approximate surface area is 312 Å². The van der Waals surface area contributed by atoms with Crippen molar-refractivity contribution < 1.29 is 70.2 Å². The molecule has 0 saturated carbocycles. The third kappa shape index (κ3) is 11.8. The van der Waals surface area contributed by atoms with Crippen molar-refractivity contribution in [3.63, 3.8) is 0 Å². The van der Waals surface area contributed by atoms with Gasteiger partial charge in [-0.2, -0.15) is 0 Å². The maximum absolute atomic E-state index is 12.6. The highest BCUT2D eigenvalue weighted by Crippen LogP contribution is 2.47. The van der Waals surface area contributed by atoms with Crippen molar-refractivity contribution in [2.45, 2.75) is 130 Å². The molecule has 3 heterocycles. The second-order valence-electron chi connectivity index (χ2n) is 13.1. The lowest BCUT2D eigenvalue weighted by molar-refractivity contribution is -0.139. The van der Waals surface area contributed by atoms with E-state index >= 15 is 0 Å². The van der Waals surface area contributed by atoms with Crippen LogP contribution in [0.5, 0.6) is 0 Å². The van der Waals surface area contributed by atoms with Crippen molar-refractivity contribution in [2.75, 3.05) is 6.61 Å². The van der Waals surface area contributed by atoms with E-state index in [1.807, 2.05) is 54.6 Å². The predicted molar refractivity (Wildman–Crippen MR) is 204 cm³/mol. The Balaban J connectivity index is 0.00000138. The summed E-state index contributed by atoms with van der Waals surface area (Å²) in [4.78, 5) is 46.2. The Morgan fingerprint density at radius 2 is 0.980 bits per heavy atom. The second kappa shape index (κ2) is 18.1. The molecule has 4 unspecified atom stereocenters. The Hall–Kier alpha value is -0.325. The minimum Gasteiger partial charge on any atom is -0.478 e. The largest absolute Gasteiger partial charge is 0.483 e. The van der Waals surface area contributed by atoms with Crippen molar-refractivity contribution in [1.29, 1.82) is 0 Å². The van der Waals surface area contributed by atoms with Gasteiger partial charge in [-0.25, -0.2) is 9.59 Å². The number of carbonyl (C=O) groups is 2. The summed E-state index contributed by atoms with van der Waals surface area (Å²) in [7, 11) is -30.6. The van der Waals surface area contributed by atoms with Crippen LogP contribution in [0.3, 0.4) is 0 Å². The number of rotatable bonds is 15. The number of fused-ring (bicyclic) bond motifs is 3. The fourth-order valence-electron chi connectivity index (χ4n) is 5.22. The average molecular weight is 865 g/mol. The molecule has 3 fully saturated rings. The summed E-state index contributed by atoms with van der Waals surface area (Å²) in [5.41, 5.74) is 0.469. The molecule has 3 aliphatic rings. The number of hydrogen-bond donors (Lipinski definition) is 3. The predicted octanol–water partition coefficient (Wildman–Crippen LogP) is 5.25. The number of esters is 1. The van der Waals surface area contributed by atoms with Crippen LogP contribution in [0.1, 0.15) is 68.7 Å². The lowest BCUT2D eigenvalue weighted by Gasteiger charge is -2.57. The molecular formula is C27H60O16Si8. The van der Waals surface area contributed by atoms with Crippen LogP contribution in [0.2, 0.25) is 61.4 Å². The first-order valence-corrected chi connectivity index (χ1v) is 34.4. The topological polar surface area (TPSA) is 196 Å². The monoisotopic (exact) mass is 864 g/mol. The molecule has 51 heavy (non-hydrogen) atoms. The number of carboxylic acid groups (broad SMARTS) is 1. The maximum atomic E-state index is 12.6. The Morgan fingerprint density at radius 3 is 1.27 bits per heavy atom. The summed E-state index contributed by atoms with van der Waals surface area (Å²) in [6.07, 6.45) is 0.694. The van der Waals surface area contributed by atoms with Crippen LogP contribution in [-0.2, 0) is 55.5 Å². The van der Waals surface area contributed by atoms with Gasteiger partial charge in [0.2, 0.25) is 0 Å². The van der Waals surface area contributed by atoms with Crippen LogP contribution < -0.4 is 0 Å². The molecule has 0 aromatic carbocycles. The van der Waals surface area contributed by atoms with Crippen LogP contribution in [0.25, 0.3) is 0 Å².